The first-order chi connectivity index (χ1) is 14.0. The van der Waals surface area contributed by atoms with E-state index in [1.807, 2.05) is 11.8 Å². The predicted octanol–water partition coefficient (Wildman–Crippen LogP) is 0.682. The van der Waals surface area contributed by atoms with E-state index in [0.717, 1.165) is 50.8 Å². The van der Waals surface area contributed by atoms with Gasteiger partial charge in [-0.1, -0.05) is 0 Å². The number of hydrogen-bond acceptors (Lipinski definition) is 6. The summed E-state index contributed by atoms with van der Waals surface area (Å²) in [5.41, 5.74) is 0.0351. The third-order valence-corrected chi connectivity index (χ3v) is 6.93. The molecule has 30 heavy (non-hydrogen) atoms. The van der Waals surface area contributed by atoms with Crippen LogP contribution in [0.15, 0.2) is 5.10 Å². The molecule has 0 aromatic heterocycles. The fourth-order valence-electron chi connectivity index (χ4n) is 5.44. The van der Waals surface area contributed by atoms with E-state index in [9.17, 15) is 14.7 Å². The van der Waals surface area contributed by atoms with Crippen LogP contribution >= 0.6 is 0 Å². The summed E-state index contributed by atoms with van der Waals surface area (Å²) in [6, 6.07) is 0. The molecule has 10 nitrogen and oxygen atoms in total. The number of carbonyl (C=O) groups excluding carboxylic acids is 2. The minimum Gasteiger partial charge on any atom is -0.473 e. The van der Waals surface area contributed by atoms with Crippen molar-refractivity contribution in [2.75, 3.05) is 13.1 Å². The summed E-state index contributed by atoms with van der Waals surface area (Å²) >= 11 is 0. The smallest absolute Gasteiger partial charge is 0.414 e. The molecule has 0 aromatic carbocycles. The van der Waals surface area contributed by atoms with Crippen LogP contribution in [0.4, 0.5) is 0 Å². The quantitative estimate of drug-likeness (QED) is 0.553. The number of rotatable bonds is 2. The van der Waals surface area contributed by atoms with Crippen molar-refractivity contribution in [3.63, 3.8) is 0 Å². The predicted molar refractivity (Wildman–Crippen MR) is 104 cm³/mol. The maximum Gasteiger partial charge on any atom is 0.414 e. The first-order valence-electron chi connectivity index (χ1n) is 10.3. The monoisotopic (exact) mass is 423 g/mol. The molecule has 3 atom stereocenters. The highest BCUT2D eigenvalue weighted by molar-refractivity contribution is 6.27. The van der Waals surface area contributed by atoms with E-state index in [2.05, 4.69) is 5.10 Å². The van der Waals surface area contributed by atoms with Crippen LogP contribution in [0.3, 0.4) is 0 Å². The second-order valence-electron chi connectivity index (χ2n) is 9.02. The third kappa shape index (κ3) is 4.05. The van der Waals surface area contributed by atoms with E-state index < -0.39 is 17.5 Å². The molecule has 2 aliphatic heterocycles. The average molecular weight is 423 g/mol. The van der Waals surface area contributed by atoms with Gasteiger partial charge in [0.25, 0.3) is 0 Å². The van der Waals surface area contributed by atoms with Crippen molar-refractivity contribution in [1.82, 2.24) is 9.91 Å². The molecule has 2 aliphatic carbocycles. The number of carboxylic acid groups (broad SMARTS) is 2. The second kappa shape index (κ2) is 7.98. The van der Waals surface area contributed by atoms with Crippen molar-refractivity contribution >= 4 is 29.5 Å². The number of carbonyl (C=O) groups is 4. The minimum atomic E-state index is -1.82. The fourth-order valence-corrected chi connectivity index (χ4v) is 5.44. The molecule has 2 heterocycles. The molecule has 0 bridgehead atoms. The highest BCUT2D eigenvalue weighted by Gasteiger charge is 2.59. The summed E-state index contributed by atoms with van der Waals surface area (Å²) in [5.74, 6) is -2.81. The Kier molecular flexibility index (Phi) is 5.90. The van der Waals surface area contributed by atoms with E-state index in [0.29, 0.717) is 18.4 Å². The molecule has 0 radical (unpaired) electrons. The third-order valence-electron chi connectivity index (χ3n) is 6.93. The summed E-state index contributed by atoms with van der Waals surface area (Å²) < 4.78 is 0. The summed E-state index contributed by atoms with van der Waals surface area (Å²) in [4.78, 5) is 44.8. The van der Waals surface area contributed by atoms with Gasteiger partial charge in [0, 0.05) is 38.1 Å². The Morgan fingerprint density at radius 2 is 1.73 bits per heavy atom. The van der Waals surface area contributed by atoms with Gasteiger partial charge in [-0.3, -0.25) is 9.59 Å². The van der Waals surface area contributed by atoms with Crippen molar-refractivity contribution in [2.24, 2.45) is 16.9 Å². The van der Waals surface area contributed by atoms with Gasteiger partial charge in [0.05, 0.1) is 17.6 Å². The molecular formula is C20H29N3O7. The Labute approximate surface area is 174 Å². The van der Waals surface area contributed by atoms with Crippen molar-refractivity contribution in [3.8, 4) is 0 Å². The summed E-state index contributed by atoms with van der Waals surface area (Å²) in [6.45, 7) is 5.04. The lowest BCUT2D eigenvalue weighted by atomic mass is 9.77. The van der Waals surface area contributed by atoms with Crippen LogP contribution in [0, 0.1) is 11.8 Å². The van der Waals surface area contributed by atoms with Gasteiger partial charge in [-0.2, -0.15) is 5.10 Å². The average Bonchev–Trinajstić information content (AvgIpc) is 3.29. The van der Waals surface area contributed by atoms with Crippen LogP contribution in [0.2, 0.25) is 0 Å². The highest BCUT2D eigenvalue weighted by atomic mass is 16.4. The lowest BCUT2D eigenvalue weighted by Gasteiger charge is -2.38. The molecule has 4 rings (SSSR count). The van der Waals surface area contributed by atoms with Crippen LogP contribution in [0.25, 0.3) is 0 Å². The Morgan fingerprint density at radius 3 is 2.23 bits per heavy atom. The Hall–Kier alpha value is -2.49. The summed E-state index contributed by atoms with van der Waals surface area (Å²) in [7, 11) is 0. The number of likely N-dealkylation sites (tertiary alicyclic amines) is 1. The van der Waals surface area contributed by atoms with Gasteiger partial charge in [-0.05, 0) is 44.9 Å². The van der Waals surface area contributed by atoms with Crippen LogP contribution in [-0.4, -0.2) is 78.9 Å². The van der Waals surface area contributed by atoms with Crippen molar-refractivity contribution in [3.05, 3.63) is 0 Å². The molecule has 4 aliphatic rings. The Bertz CT molecular complexity index is 779. The lowest BCUT2D eigenvalue weighted by Crippen LogP contribution is -2.50. The number of nitrogens with zero attached hydrogens (tertiary/aromatic N) is 3. The van der Waals surface area contributed by atoms with Crippen LogP contribution in [-0.2, 0) is 19.2 Å². The zero-order chi connectivity index (χ0) is 22.3. The standard InChI is InChI=1S/C18H27N3O3.C2H2O4/c1-12-8-18(21(19-12)13(2)22)7-4-14-10-20(11-15(14)18)16(23)9-17(24)5-3-6-17;3-1(4)2(5)6/h14-15,24H,3-11H2,1-2H3;(H,3,4)(H,5,6). The molecule has 3 N–H and O–H groups in total. The molecule has 2 saturated carbocycles. The number of hydrazone groups is 1. The molecule has 10 heteroatoms. The maximum atomic E-state index is 12.6. The molecule has 3 fully saturated rings. The summed E-state index contributed by atoms with van der Waals surface area (Å²) in [5, 5.41) is 31.3. The van der Waals surface area contributed by atoms with Crippen molar-refractivity contribution < 1.29 is 34.5 Å². The number of aliphatic carboxylic acids is 2. The second-order valence-corrected chi connectivity index (χ2v) is 9.02. The van der Waals surface area contributed by atoms with Crippen LogP contribution in [0.5, 0.6) is 0 Å². The van der Waals surface area contributed by atoms with E-state index in [4.69, 9.17) is 19.8 Å². The molecule has 0 aromatic rings. The van der Waals surface area contributed by atoms with E-state index >= 15 is 0 Å². The normalized spacial score (nSPS) is 30.8. The first kappa shape index (κ1) is 22.2. The highest BCUT2D eigenvalue weighted by Crippen LogP contribution is 2.52. The molecule has 1 saturated heterocycles. The van der Waals surface area contributed by atoms with Gasteiger partial charge in [-0.15, -0.1) is 0 Å². The lowest BCUT2D eigenvalue weighted by molar-refractivity contribution is -0.159. The zero-order valence-electron chi connectivity index (χ0n) is 17.3. The van der Waals surface area contributed by atoms with E-state index in [-0.39, 0.29) is 23.8 Å². The fraction of sp³-hybridized carbons (Fsp3) is 0.750. The number of carboxylic acids is 2. The Balaban J connectivity index is 0.000000377. The van der Waals surface area contributed by atoms with Crippen molar-refractivity contribution in [1.29, 1.82) is 0 Å². The van der Waals surface area contributed by atoms with E-state index in [1.54, 1.807) is 11.9 Å². The number of amides is 2. The van der Waals surface area contributed by atoms with Gasteiger partial charge in [-0.25, -0.2) is 14.6 Å². The minimum absolute atomic E-state index is 0.000977. The molecular weight excluding hydrogens is 394 g/mol. The van der Waals surface area contributed by atoms with Gasteiger partial charge < -0.3 is 20.2 Å². The Morgan fingerprint density at radius 1 is 1.10 bits per heavy atom. The van der Waals surface area contributed by atoms with Gasteiger partial charge in [0.1, 0.15) is 0 Å². The number of aliphatic hydroxyl groups is 1. The molecule has 1 spiro atoms. The van der Waals surface area contributed by atoms with Crippen LogP contribution < -0.4 is 0 Å². The molecule has 166 valence electrons. The van der Waals surface area contributed by atoms with Crippen molar-refractivity contribution in [2.45, 2.75) is 69.9 Å². The molecule has 3 unspecified atom stereocenters. The van der Waals surface area contributed by atoms with E-state index in [1.165, 1.54) is 0 Å². The largest absolute Gasteiger partial charge is 0.473 e. The number of fused-ring (bicyclic) bond motifs is 2. The first-order valence-corrected chi connectivity index (χ1v) is 10.3. The SMILES string of the molecule is CC(=O)N1N=C(C)CC12CCC1CN(C(=O)CC3(O)CCC3)CC12.O=C(O)C(=O)O. The zero-order valence-corrected chi connectivity index (χ0v) is 17.3. The van der Waals surface area contributed by atoms with Gasteiger partial charge in [0.15, 0.2) is 0 Å². The topological polar surface area (TPSA) is 148 Å². The summed E-state index contributed by atoms with van der Waals surface area (Å²) in [6.07, 6.45) is 5.62. The van der Waals surface area contributed by atoms with Gasteiger partial charge >= 0.3 is 11.9 Å². The molecule has 2 amide bonds. The van der Waals surface area contributed by atoms with Gasteiger partial charge in [0.2, 0.25) is 11.8 Å². The maximum absolute atomic E-state index is 12.6. The number of hydrogen-bond donors (Lipinski definition) is 3. The van der Waals surface area contributed by atoms with Crippen LogP contribution in [0.1, 0.15) is 58.8 Å².